The number of unbranched alkanes of at least 4 members (excludes halogenated alkanes) is 7. The summed E-state index contributed by atoms with van der Waals surface area (Å²) in [7, 11) is 0. The van der Waals surface area contributed by atoms with E-state index in [-0.39, 0.29) is 12.3 Å². The third-order valence-corrected chi connectivity index (χ3v) is 8.53. The molecule has 0 saturated carbocycles. The van der Waals surface area contributed by atoms with Crippen LogP contribution in [0.5, 0.6) is 5.75 Å². The molecule has 2 aromatic carbocycles. The van der Waals surface area contributed by atoms with E-state index < -0.39 is 5.97 Å². The van der Waals surface area contributed by atoms with Crippen LogP contribution in [0.25, 0.3) is 23.0 Å². The zero-order valence-corrected chi connectivity index (χ0v) is 26.7. The van der Waals surface area contributed by atoms with Gasteiger partial charge in [-0.25, -0.2) is 4.68 Å². The number of carboxylic acids is 1. The Morgan fingerprint density at radius 3 is 2.28 bits per heavy atom. The van der Waals surface area contributed by atoms with Crippen molar-refractivity contribution < 1.29 is 19.4 Å². The van der Waals surface area contributed by atoms with E-state index in [4.69, 9.17) is 27.2 Å². The molecule has 0 bridgehead atoms. The van der Waals surface area contributed by atoms with Crippen LogP contribution in [0.15, 0.2) is 65.7 Å². The van der Waals surface area contributed by atoms with E-state index in [2.05, 4.69) is 13.8 Å². The summed E-state index contributed by atoms with van der Waals surface area (Å²) >= 11 is 6.95. The van der Waals surface area contributed by atoms with Crippen LogP contribution in [0, 0.1) is 5.92 Å². The summed E-state index contributed by atoms with van der Waals surface area (Å²) in [5, 5.41) is 13.6. The molecular weight excluding hydrogens is 579 g/mol. The lowest BCUT2D eigenvalue weighted by molar-refractivity contribution is -0.137. The van der Waals surface area contributed by atoms with Crippen molar-refractivity contribution in [2.24, 2.45) is 5.92 Å². The number of amides is 1. The van der Waals surface area contributed by atoms with Crippen LogP contribution < -0.4 is 4.74 Å². The molecule has 1 amide bonds. The zero-order chi connectivity index (χ0) is 30.6. The predicted octanol–water partition coefficient (Wildman–Crippen LogP) is 8.37. The Morgan fingerprint density at radius 1 is 0.977 bits per heavy atom. The smallest absolute Gasteiger partial charge is 0.303 e. The van der Waals surface area contributed by atoms with Crippen molar-refractivity contribution in [3.63, 3.8) is 0 Å². The molecule has 0 atom stereocenters. The number of carbonyl (C=O) groups excluding carboxylic acids is 1. The Balaban J connectivity index is 1.40. The Kier molecular flexibility index (Phi) is 12.4. The van der Waals surface area contributed by atoms with Crippen molar-refractivity contribution in [2.75, 3.05) is 13.2 Å². The lowest BCUT2D eigenvalue weighted by Crippen LogP contribution is -2.29. The first-order valence-electron chi connectivity index (χ1n) is 15.2. The van der Waals surface area contributed by atoms with Gasteiger partial charge >= 0.3 is 5.97 Å². The molecule has 228 valence electrons. The molecule has 7 nitrogen and oxygen atoms in total. The molecule has 1 aliphatic rings. The van der Waals surface area contributed by atoms with Gasteiger partial charge in [-0.15, -0.1) is 0 Å². The van der Waals surface area contributed by atoms with Crippen molar-refractivity contribution in [1.82, 2.24) is 14.7 Å². The van der Waals surface area contributed by atoms with E-state index in [0.717, 1.165) is 79.6 Å². The number of nitrogens with zero attached hydrogens (tertiary/aromatic N) is 3. The normalized spacial score (nSPS) is 14.3. The van der Waals surface area contributed by atoms with Gasteiger partial charge in [0.2, 0.25) is 0 Å². The average Bonchev–Trinajstić information content (AvgIpc) is 3.53. The molecule has 1 saturated heterocycles. The third kappa shape index (κ3) is 9.79. The van der Waals surface area contributed by atoms with Crippen molar-refractivity contribution in [1.29, 1.82) is 0 Å². The summed E-state index contributed by atoms with van der Waals surface area (Å²) in [6.45, 7) is 5.52. The fourth-order valence-electron chi connectivity index (χ4n) is 4.84. The van der Waals surface area contributed by atoms with Crippen LogP contribution in [-0.2, 0) is 9.59 Å². The fourth-order valence-corrected chi connectivity index (χ4v) is 6.14. The molecule has 0 radical (unpaired) electrons. The number of benzene rings is 2. The first kappa shape index (κ1) is 32.5. The van der Waals surface area contributed by atoms with E-state index in [1.54, 1.807) is 4.90 Å². The lowest BCUT2D eigenvalue weighted by Gasteiger charge is -2.14. The second-order valence-corrected chi connectivity index (χ2v) is 12.9. The van der Waals surface area contributed by atoms with Crippen LogP contribution in [0.4, 0.5) is 0 Å². The molecule has 0 aliphatic carbocycles. The van der Waals surface area contributed by atoms with Crippen molar-refractivity contribution in [2.45, 2.75) is 71.6 Å². The van der Waals surface area contributed by atoms with E-state index in [1.165, 1.54) is 11.8 Å². The summed E-state index contributed by atoms with van der Waals surface area (Å²) in [6.07, 6.45) is 12.2. The minimum atomic E-state index is -0.717. The van der Waals surface area contributed by atoms with Gasteiger partial charge in [0.1, 0.15) is 10.1 Å². The first-order chi connectivity index (χ1) is 20.8. The molecular formula is C34H41N3O4S2. The Hall–Kier alpha value is -3.43. The topological polar surface area (TPSA) is 84.7 Å². The number of thiocarbonyl (C=S) groups is 1. The SMILES string of the molecule is CC(C)COc1ccc(-c2nn(-c3ccccc3)cc2/C=C2\SC(=S)N(CCCCCCCCCCC(=O)O)C2=O)cc1. The van der Waals surface area contributed by atoms with E-state index in [0.29, 0.717) is 28.3 Å². The molecule has 9 heteroatoms. The maximum Gasteiger partial charge on any atom is 0.303 e. The molecule has 1 fully saturated rings. The fraction of sp³-hybridized carbons (Fsp3) is 0.412. The molecule has 1 aliphatic heterocycles. The van der Waals surface area contributed by atoms with Crippen LogP contribution in [0.3, 0.4) is 0 Å². The maximum atomic E-state index is 13.4. The lowest BCUT2D eigenvalue weighted by atomic mass is 10.1. The number of hydrogen-bond donors (Lipinski definition) is 1. The number of hydrogen-bond acceptors (Lipinski definition) is 6. The van der Waals surface area contributed by atoms with Gasteiger partial charge in [-0.2, -0.15) is 5.10 Å². The Bertz CT molecular complexity index is 1400. The Labute approximate surface area is 264 Å². The highest BCUT2D eigenvalue weighted by molar-refractivity contribution is 8.26. The molecule has 1 aromatic heterocycles. The molecule has 0 unspecified atom stereocenters. The summed E-state index contributed by atoms with van der Waals surface area (Å²) < 4.78 is 8.31. The van der Waals surface area contributed by atoms with E-state index in [1.807, 2.05) is 71.6 Å². The van der Waals surface area contributed by atoms with Crippen molar-refractivity contribution in [3.8, 4) is 22.7 Å². The average molecular weight is 620 g/mol. The van der Waals surface area contributed by atoms with Crippen molar-refractivity contribution >= 4 is 46.3 Å². The molecule has 43 heavy (non-hydrogen) atoms. The van der Waals surface area contributed by atoms with Crippen LogP contribution in [0.1, 0.15) is 77.2 Å². The van der Waals surface area contributed by atoms with E-state index in [9.17, 15) is 9.59 Å². The second kappa shape index (κ2) is 16.4. The molecule has 3 aromatic rings. The monoisotopic (exact) mass is 619 g/mol. The van der Waals surface area contributed by atoms with Crippen LogP contribution in [0.2, 0.25) is 0 Å². The maximum absolute atomic E-state index is 13.4. The standard InChI is InChI=1S/C34H41N3O4S2/c1-25(2)24-41-29-19-17-26(18-20-29)32-27(23-37(35-32)28-14-10-9-11-15-28)22-30-33(40)36(34(42)43-30)21-13-8-6-4-3-5-7-12-16-31(38)39/h9-11,14-15,17-20,22-23,25H,3-8,12-13,16,21,24H2,1-2H3,(H,38,39)/b30-22-. The summed E-state index contributed by atoms with van der Waals surface area (Å²) in [5.41, 5.74) is 3.51. The number of rotatable bonds is 17. The van der Waals surface area contributed by atoms with Gasteiger partial charge in [0.25, 0.3) is 5.91 Å². The number of aromatic nitrogens is 2. The van der Waals surface area contributed by atoms with Gasteiger partial charge < -0.3 is 9.84 Å². The predicted molar refractivity (Wildman–Crippen MR) is 178 cm³/mol. The number of thioether (sulfide) groups is 1. The highest BCUT2D eigenvalue weighted by atomic mass is 32.2. The summed E-state index contributed by atoms with van der Waals surface area (Å²) in [4.78, 5) is 26.3. The van der Waals surface area contributed by atoms with Crippen LogP contribution in [-0.4, -0.2) is 49.1 Å². The van der Waals surface area contributed by atoms with Gasteiger partial charge in [-0.3, -0.25) is 14.5 Å². The van der Waals surface area contributed by atoms with Gasteiger partial charge in [0, 0.05) is 30.3 Å². The molecule has 2 heterocycles. The summed E-state index contributed by atoms with van der Waals surface area (Å²) in [5.74, 6) is 0.494. The number of carbonyl (C=O) groups is 2. The second-order valence-electron chi connectivity index (χ2n) is 11.2. The number of carboxylic acid groups (broad SMARTS) is 1. The van der Waals surface area contributed by atoms with Gasteiger partial charge in [-0.05, 0) is 61.2 Å². The van der Waals surface area contributed by atoms with Gasteiger partial charge in [0.05, 0.1) is 22.9 Å². The quantitative estimate of drug-likeness (QED) is 0.0923. The number of para-hydroxylation sites is 1. The number of aliphatic carboxylic acids is 1. The molecule has 4 rings (SSSR count). The minimum absolute atomic E-state index is 0.0516. The third-order valence-electron chi connectivity index (χ3n) is 7.16. The molecule has 0 spiro atoms. The number of ether oxygens (including phenoxy) is 1. The van der Waals surface area contributed by atoms with E-state index >= 15 is 0 Å². The highest BCUT2D eigenvalue weighted by Gasteiger charge is 2.32. The van der Waals surface area contributed by atoms with Crippen molar-refractivity contribution in [3.05, 3.63) is 71.3 Å². The van der Waals surface area contributed by atoms with Gasteiger partial charge in [0.15, 0.2) is 0 Å². The first-order valence-corrected chi connectivity index (χ1v) is 16.4. The zero-order valence-electron chi connectivity index (χ0n) is 25.0. The summed E-state index contributed by atoms with van der Waals surface area (Å²) in [6, 6.07) is 17.9. The van der Waals surface area contributed by atoms with Crippen LogP contribution >= 0.6 is 24.0 Å². The van der Waals surface area contributed by atoms with Gasteiger partial charge in [-0.1, -0.05) is 94.6 Å². The minimum Gasteiger partial charge on any atom is -0.493 e. The highest BCUT2D eigenvalue weighted by Crippen LogP contribution is 2.35. The Morgan fingerprint density at radius 2 is 1.63 bits per heavy atom. The largest absolute Gasteiger partial charge is 0.493 e. The molecule has 1 N–H and O–H groups in total.